The third-order valence-corrected chi connectivity index (χ3v) is 3.91. The molecule has 1 atom stereocenters. The van der Waals surface area contributed by atoms with Crippen molar-refractivity contribution in [3.05, 3.63) is 63.4 Å². The fraction of sp³-hybridized carbons (Fsp3) is 0.143. The van der Waals surface area contributed by atoms with E-state index in [-0.39, 0.29) is 11.9 Å². The van der Waals surface area contributed by atoms with Gasteiger partial charge < -0.3 is 5.32 Å². The topological polar surface area (TPSA) is 12.0 Å². The SMILES string of the molecule is Fc1ccc2c(c1)NC(c1ccc(Cl)c(Cl)c1)C2. The van der Waals surface area contributed by atoms with Gasteiger partial charge in [-0.15, -0.1) is 0 Å². The number of rotatable bonds is 1. The van der Waals surface area contributed by atoms with E-state index in [9.17, 15) is 4.39 Å². The summed E-state index contributed by atoms with van der Waals surface area (Å²) in [6.45, 7) is 0. The summed E-state index contributed by atoms with van der Waals surface area (Å²) >= 11 is 11.9. The lowest BCUT2D eigenvalue weighted by atomic mass is 10.0. The highest BCUT2D eigenvalue weighted by molar-refractivity contribution is 6.42. The van der Waals surface area contributed by atoms with Gasteiger partial charge in [-0.05, 0) is 41.8 Å². The lowest BCUT2D eigenvalue weighted by molar-refractivity contribution is 0.628. The van der Waals surface area contributed by atoms with Crippen LogP contribution >= 0.6 is 23.2 Å². The van der Waals surface area contributed by atoms with E-state index in [1.54, 1.807) is 6.07 Å². The van der Waals surface area contributed by atoms with Crippen molar-refractivity contribution >= 4 is 28.9 Å². The van der Waals surface area contributed by atoms with E-state index < -0.39 is 0 Å². The zero-order chi connectivity index (χ0) is 12.7. The van der Waals surface area contributed by atoms with Gasteiger partial charge in [-0.25, -0.2) is 4.39 Å². The highest BCUT2D eigenvalue weighted by Gasteiger charge is 2.22. The minimum absolute atomic E-state index is 0.122. The molecular formula is C14H10Cl2FN. The second-order valence-electron chi connectivity index (χ2n) is 4.38. The summed E-state index contributed by atoms with van der Waals surface area (Å²) in [5, 5.41) is 4.38. The van der Waals surface area contributed by atoms with Crippen LogP contribution in [0.4, 0.5) is 10.1 Å². The van der Waals surface area contributed by atoms with Crippen LogP contribution in [-0.2, 0) is 6.42 Å². The van der Waals surface area contributed by atoms with E-state index in [0.29, 0.717) is 10.0 Å². The second-order valence-corrected chi connectivity index (χ2v) is 5.19. The standard InChI is InChI=1S/C14H10Cl2FN/c15-11-4-2-8(5-12(11)16)13-6-9-1-3-10(17)7-14(9)18-13/h1-5,7,13,18H,6H2. The Morgan fingerprint density at radius 1 is 1.06 bits per heavy atom. The molecule has 0 bridgehead atoms. The summed E-state index contributed by atoms with van der Waals surface area (Å²) in [6, 6.07) is 10.5. The van der Waals surface area contributed by atoms with E-state index >= 15 is 0 Å². The zero-order valence-corrected chi connectivity index (χ0v) is 10.9. The summed E-state index contributed by atoms with van der Waals surface area (Å²) in [6.07, 6.45) is 0.827. The molecule has 92 valence electrons. The maximum atomic E-state index is 13.1. The van der Waals surface area contributed by atoms with Crippen LogP contribution in [0.1, 0.15) is 17.2 Å². The molecule has 0 aliphatic carbocycles. The van der Waals surface area contributed by atoms with Crippen LogP contribution in [0, 0.1) is 5.82 Å². The Labute approximate surface area is 115 Å². The average molecular weight is 282 g/mol. The van der Waals surface area contributed by atoms with Crippen molar-refractivity contribution in [3.8, 4) is 0 Å². The lowest BCUT2D eigenvalue weighted by Crippen LogP contribution is -2.05. The molecule has 1 nitrogen and oxygen atoms in total. The van der Waals surface area contributed by atoms with E-state index in [2.05, 4.69) is 5.32 Å². The first kappa shape index (κ1) is 11.8. The Morgan fingerprint density at radius 2 is 1.89 bits per heavy atom. The first-order valence-electron chi connectivity index (χ1n) is 5.63. The average Bonchev–Trinajstić information content (AvgIpc) is 2.75. The minimum atomic E-state index is -0.226. The number of anilines is 1. The van der Waals surface area contributed by atoms with Crippen molar-refractivity contribution in [3.63, 3.8) is 0 Å². The Balaban J connectivity index is 1.91. The molecule has 1 N–H and O–H groups in total. The molecule has 0 fully saturated rings. The fourth-order valence-corrected chi connectivity index (χ4v) is 2.56. The molecule has 0 saturated carbocycles. The number of benzene rings is 2. The van der Waals surface area contributed by atoms with Crippen molar-refractivity contribution in [1.82, 2.24) is 0 Å². The number of hydrogen-bond donors (Lipinski definition) is 1. The molecule has 18 heavy (non-hydrogen) atoms. The summed E-state index contributed by atoms with van der Waals surface area (Å²) in [7, 11) is 0. The zero-order valence-electron chi connectivity index (χ0n) is 9.38. The monoisotopic (exact) mass is 281 g/mol. The molecule has 1 aliphatic heterocycles. The summed E-state index contributed by atoms with van der Waals surface area (Å²) in [4.78, 5) is 0. The maximum absolute atomic E-state index is 13.1. The van der Waals surface area contributed by atoms with E-state index in [4.69, 9.17) is 23.2 Å². The molecule has 0 radical (unpaired) electrons. The minimum Gasteiger partial charge on any atom is -0.378 e. The Kier molecular flexibility index (Phi) is 2.92. The molecule has 3 rings (SSSR count). The van der Waals surface area contributed by atoms with Crippen molar-refractivity contribution < 1.29 is 4.39 Å². The maximum Gasteiger partial charge on any atom is 0.125 e. The quantitative estimate of drug-likeness (QED) is 0.789. The number of fused-ring (bicyclic) bond motifs is 1. The third kappa shape index (κ3) is 2.06. The first-order chi connectivity index (χ1) is 8.63. The van der Waals surface area contributed by atoms with Gasteiger partial charge in [-0.3, -0.25) is 0 Å². The molecule has 0 saturated heterocycles. The molecule has 0 spiro atoms. The molecule has 2 aromatic rings. The molecule has 2 aromatic carbocycles. The Bertz CT molecular complexity index is 613. The van der Waals surface area contributed by atoms with Crippen LogP contribution in [0.2, 0.25) is 10.0 Å². The van der Waals surface area contributed by atoms with Crippen LogP contribution in [0.5, 0.6) is 0 Å². The summed E-state index contributed by atoms with van der Waals surface area (Å²) in [5.41, 5.74) is 3.03. The highest BCUT2D eigenvalue weighted by atomic mass is 35.5. The molecule has 4 heteroatoms. The van der Waals surface area contributed by atoms with Gasteiger partial charge in [-0.1, -0.05) is 35.3 Å². The van der Waals surface area contributed by atoms with Crippen LogP contribution in [0.25, 0.3) is 0 Å². The number of halogens is 3. The van der Waals surface area contributed by atoms with Crippen LogP contribution in [-0.4, -0.2) is 0 Å². The number of nitrogens with one attached hydrogen (secondary N) is 1. The predicted molar refractivity (Wildman–Crippen MR) is 72.9 cm³/mol. The Hall–Kier alpha value is -1.25. The molecule has 1 aliphatic rings. The molecule has 0 aromatic heterocycles. The first-order valence-corrected chi connectivity index (χ1v) is 6.39. The van der Waals surface area contributed by atoms with Crippen molar-refractivity contribution in [2.75, 3.05) is 5.32 Å². The van der Waals surface area contributed by atoms with Crippen LogP contribution in [0.3, 0.4) is 0 Å². The largest absolute Gasteiger partial charge is 0.378 e. The van der Waals surface area contributed by atoms with Gasteiger partial charge in [0, 0.05) is 5.69 Å². The lowest BCUT2D eigenvalue weighted by Gasteiger charge is -2.12. The number of hydrogen-bond acceptors (Lipinski definition) is 1. The van der Waals surface area contributed by atoms with E-state index in [0.717, 1.165) is 23.2 Å². The van der Waals surface area contributed by atoms with E-state index in [1.165, 1.54) is 12.1 Å². The van der Waals surface area contributed by atoms with Gasteiger partial charge in [0.25, 0.3) is 0 Å². The molecule has 0 amide bonds. The Morgan fingerprint density at radius 3 is 2.67 bits per heavy atom. The van der Waals surface area contributed by atoms with Crippen LogP contribution < -0.4 is 5.32 Å². The van der Waals surface area contributed by atoms with Gasteiger partial charge in [-0.2, -0.15) is 0 Å². The van der Waals surface area contributed by atoms with Gasteiger partial charge in [0.15, 0.2) is 0 Å². The molecule has 1 unspecified atom stereocenters. The normalized spacial score (nSPS) is 17.4. The summed E-state index contributed by atoms with van der Waals surface area (Å²) < 4.78 is 13.1. The van der Waals surface area contributed by atoms with Gasteiger partial charge in [0.1, 0.15) is 5.82 Å². The van der Waals surface area contributed by atoms with Gasteiger partial charge in [0.2, 0.25) is 0 Å². The second kappa shape index (κ2) is 4.45. The van der Waals surface area contributed by atoms with Gasteiger partial charge >= 0.3 is 0 Å². The molecular weight excluding hydrogens is 272 g/mol. The molecule has 1 heterocycles. The van der Waals surface area contributed by atoms with E-state index in [1.807, 2.05) is 18.2 Å². The van der Waals surface area contributed by atoms with Crippen molar-refractivity contribution in [2.45, 2.75) is 12.5 Å². The summed E-state index contributed by atoms with van der Waals surface area (Å²) in [5.74, 6) is -0.226. The van der Waals surface area contributed by atoms with Crippen molar-refractivity contribution in [2.24, 2.45) is 0 Å². The van der Waals surface area contributed by atoms with Crippen molar-refractivity contribution in [1.29, 1.82) is 0 Å². The van der Waals surface area contributed by atoms with Crippen LogP contribution in [0.15, 0.2) is 36.4 Å². The highest BCUT2D eigenvalue weighted by Crippen LogP contribution is 2.36. The predicted octanol–water partition coefficient (Wildman–Crippen LogP) is 4.84. The third-order valence-electron chi connectivity index (χ3n) is 3.17. The smallest absolute Gasteiger partial charge is 0.125 e. The fourth-order valence-electron chi connectivity index (χ4n) is 2.25. The van der Waals surface area contributed by atoms with Gasteiger partial charge in [0.05, 0.1) is 16.1 Å².